The van der Waals surface area contributed by atoms with Crippen LogP contribution in [0.2, 0.25) is 0 Å². The molecule has 0 aromatic heterocycles. The second kappa shape index (κ2) is 8.01. The van der Waals surface area contributed by atoms with Gasteiger partial charge in [-0.05, 0) is 32.3 Å². The Morgan fingerprint density at radius 1 is 1.29 bits per heavy atom. The minimum Gasteiger partial charge on any atom is -0.341 e. The molecule has 10 heteroatoms. The lowest BCUT2D eigenvalue weighted by Gasteiger charge is -2.32. The molecule has 0 spiro atoms. The maximum atomic E-state index is 13.5. The van der Waals surface area contributed by atoms with E-state index in [1.807, 2.05) is 6.92 Å². The Morgan fingerprint density at radius 2 is 2.00 bits per heavy atom. The van der Waals surface area contributed by atoms with Crippen molar-refractivity contribution in [2.75, 3.05) is 26.2 Å². The molecule has 0 saturated carbocycles. The number of nitro groups is 1. The van der Waals surface area contributed by atoms with Gasteiger partial charge in [-0.25, -0.2) is 4.79 Å². The van der Waals surface area contributed by atoms with Crippen molar-refractivity contribution in [3.05, 3.63) is 51.2 Å². The van der Waals surface area contributed by atoms with E-state index in [1.165, 1.54) is 28.0 Å². The van der Waals surface area contributed by atoms with Crippen LogP contribution in [0.25, 0.3) is 0 Å². The predicted octanol–water partition coefficient (Wildman–Crippen LogP) is 1.79. The van der Waals surface area contributed by atoms with Crippen molar-refractivity contribution in [3.63, 3.8) is 0 Å². The monoisotopic (exact) mass is 427 g/mol. The number of amides is 4. The molecule has 2 atom stereocenters. The Bertz CT molecular complexity index is 984. The van der Waals surface area contributed by atoms with Crippen LogP contribution in [-0.2, 0) is 9.59 Å². The summed E-state index contributed by atoms with van der Waals surface area (Å²) in [4.78, 5) is 54.6. The molecule has 10 nitrogen and oxygen atoms in total. The van der Waals surface area contributed by atoms with Gasteiger partial charge in [-0.15, -0.1) is 0 Å². The minimum atomic E-state index is -0.809. The van der Waals surface area contributed by atoms with Crippen LogP contribution in [0.1, 0.15) is 38.3 Å². The van der Waals surface area contributed by atoms with Crippen molar-refractivity contribution in [2.24, 2.45) is 0 Å². The molecule has 4 amide bonds. The number of non-ortho nitro benzene ring substituents is 1. The second-order valence-corrected chi connectivity index (χ2v) is 7.98. The molecule has 3 heterocycles. The first-order valence-electron chi connectivity index (χ1n) is 10.5. The Kier molecular flexibility index (Phi) is 5.38. The van der Waals surface area contributed by atoms with Gasteiger partial charge in [0.25, 0.3) is 11.6 Å². The van der Waals surface area contributed by atoms with Crippen LogP contribution in [0, 0.1) is 10.1 Å². The lowest BCUT2D eigenvalue weighted by Crippen LogP contribution is -2.47. The van der Waals surface area contributed by atoms with Gasteiger partial charge in [0, 0.05) is 31.8 Å². The molecule has 1 aromatic rings. The molecular weight excluding hydrogens is 402 g/mol. The summed E-state index contributed by atoms with van der Waals surface area (Å²) in [6.45, 7) is 5.42. The zero-order valence-electron chi connectivity index (χ0n) is 17.5. The second-order valence-electron chi connectivity index (χ2n) is 7.98. The highest BCUT2D eigenvalue weighted by Crippen LogP contribution is 2.37. The van der Waals surface area contributed by atoms with Gasteiger partial charge < -0.3 is 15.1 Å². The molecule has 164 valence electrons. The number of carbonyl (C=O) groups is 3. The molecule has 0 unspecified atom stereocenters. The summed E-state index contributed by atoms with van der Waals surface area (Å²) in [6, 6.07) is 4.08. The maximum Gasteiger partial charge on any atom is 0.322 e. The first-order valence-corrected chi connectivity index (χ1v) is 10.5. The Hall–Kier alpha value is -3.43. The summed E-state index contributed by atoms with van der Waals surface area (Å²) in [5.74, 6) is -0.426. The lowest BCUT2D eigenvalue weighted by molar-refractivity contribution is -0.384. The summed E-state index contributed by atoms with van der Waals surface area (Å²) in [5, 5.41) is 14.0. The number of nitrogens with one attached hydrogen (secondary N) is 1. The largest absolute Gasteiger partial charge is 0.341 e. The van der Waals surface area contributed by atoms with Gasteiger partial charge in [-0.2, -0.15) is 0 Å². The number of carbonyl (C=O) groups excluding carboxylic acids is 3. The van der Waals surface area contributed by atoms with Crippen LogP contribution < -0.4 is 5.32 Å². The highest BCUT2D eigenvalue weighted by molar-refractivity contribution is 6.03. The molecule has 1 saturated heterocycles. The van der Waals surface area contributed by atoms with Crippen LogP contribution in [0.15, 0.2) is 35.5 Å². The summed E-state index contributed by atoms with van der Waals surface area (Å²) in [5.41, 5.74) is 1.25. The molecule has 4 rings (SSSR count). The van der Waals surface area contributed by atoms with E-state index < -0.39 is 17.0 Å². The predicted molar refractivity (Wildman–Crippen MR) is 111 cm³/mol. The number of rotatable bonds is 5. The molecule has 0 radical (unpaired) electrons. The summed E-state index contributed by atoms with van der Waals surface area (Å²) < 4.78 is 0. The number of urea groups is 1. The average molecular weight is 427 g/mol. The van der Waals surface area contributed by atoms with Crippen molar-refractivity contribution < 1.29 is 19.3 Å². The fraction of sp³-hybridized carbons (Fsp3) is 0.476. The molecule has 0 bridgehead atoms. The number of likely N-dealkylation sites (N-methyl/N-ethyl adjacent to an activating group) is 1. The van der Waals surface area contributed by atoms with Crippen molar-refractivity contribution >= 4 is 23.5 Å². The molecule has 3 aliphatic heterocycles. The fourth-order valence-corrected chi connectivity index (χ4v) is 4.56. The molecule has 3 aliphatic rings. The summed E-state index contributed by atoms with van der Waals surface area (Å²) in [6.07, 6.45) is 1.91. The van der Waals surface area contributed by atoms with Crippen molar-refractivity contribution in [1.29, 1.82) is 0 Å². The van der Waals surface area contributed by atoms with E-state index in [0.717, 1.165) is 12.8 Å². The number of nitrogens with zero attached hydrogens (tertiary/aromatic N) is 4. The first kappa shape index (κ1) is 20.8. The van der Waals surface area contributed by atoms with E-state index in [4.69, 9.17) is 0 Å². The number of nitro benzene ring substituents is 1. The topological polar surface area (TPSA) is 116 Å². The standard InChI is InChI=1S/C21H25N5O5/c1-3-24-16-12-25(13(2)19(27)23-9-4-5-10-23)20(28)17(16)18(22-21(24)29)14-7-6-8-15(11-14)26(30)31/h6-8,11,13,18H,3-5,9-10,12H2,1-2H3,(H,22,29)/t13-,18-/m0/s1. The zero-order chi connectivity index (χ0) is 22.3. The van der Waals surface area contributed by atoms with Crippen molar-refractivity contribution in [2.45, 2.75) is 38.8 Å². The molecule has 31 heavy (non-hydrogen) atoms. The number of likely N-dealkylation sites (tertiary alicyclic amines) is 1. The maximum absolute atomic E-state index is 13.5. The van der Waals surface area contributed by atoms with E-state index in [0.29, 0.717) is 36.5 Å². The average Bonchev–Trinajstić information content (AvgIpc) is 3.41. The Balaban J connectivity index is 1.69. The van der Waals surface area contributed by atoms with Gasteiger partial charge in [0.05, 0.1) is 28.8 Å². The summed E-state index contributed by atoms with van der Waals surface area (Å²) in [7, 11) is 0. The van der Waals surface area contributed by atoms with Crippen molar-refractivity contribution in [1.82, 2.24) is 20.0 Å². The van der Waals surface area contributed by atoms with Gasteiger partial charge in [0.15, 0.2) is 0 Å². The lowest BCUT2D eigenvalue weighted by atomic mass is 9.95. The molecular formula is C21H25N5O5. The highest BCUT2D eigenvalue weighted by Gasteiger charge is 2.46. The van der Waals surface area contributed by atoms with Crippen LogP contribution in [0.4, 0.5) is 10.5 Å². The third-order valence-electron chi connectivity index (χ3n) is 6.22. The molecule has 1 fully saturated rings. The van der Waals surface area contributed by atoms with Crippen LogP contribution in [-0.4, -0.2) is 69.7 Å². The van der Waals surface area contributed by atoms with Gasteiger partial charge in [-0.3, -0.25) is 24.6 Å². The quantitative estimate of drug-likeness (QED) is 0.568. The van der Waals surface area contributed by atoms with Crippen molar-refractivity contribution in [3.8, 4) is 0 Å². The smallest absolute Gasteiger partial charge is 0.322 e. The zero-order valence-corrected chi connectivity index (χ0v) is 17.5. The first-order chi connectivity index (χ1) is 14.8. The Labute approximate surface area is 179 Å². The molecule has 1 N–H and O–H groups in total. The van der Waals surface area contributed by atoms with E-state index in [2.05, 4.69) is 5.32 Å². The number of hydrogen-bond acceptors (Lipinski definition) is 5. The van der Waals surface area contributed by atoms with Gasteiger partial charge in [-0.1, -0.05) is 12.1 Å². The minimum absolute atomic E-state index is 0.0973. The number of hydrogen-bond donors (Lipinski definition) is 1. The van der Waals surface area contributed by atoms with E-state index in [9.17, 15) is 24.5 Å². The third-order valence-corrected chi connectivity index (χ3v) is 6.22. The third kappa shape index (κ3) is 3.51. The van der Waals surface area contributed by atoms with E-state index in [-0.39, 0.29) is 30.1 Å². The normalized spacial score (nSPS) is 22.0. The van der Waals surface area contributed by atoms with Gasteiger partial charge >= 0.3 is 6.03 Å². The van der Waals surface area contributed by atoms with Gasteiger partial charge in [0.2, 0.25) is 5.91 Å². The highest BCUT2D eigenvalue weighted by atomic mass is 16.6. The Morgan fingerprint density at radius 3 is 2.65 bits per heavy atom. The van der Waals surface area contributed by atoms with E-state index >= 15 is 0 Å². The molecule has 1 aromatic carbocycles. The van der Waals surface area contributed by atoms with E-state index in [1.54, 1.807) is 17.9 Å². The van der Waals surface area contributed by atoms with Crippen LogP contribution >= 0.6 is 0 Å². The summed E-state index contributed by atoms with van der Waals surface area (Å²) >= 11 is 0. The van der Waals surface area contributed by atoms with Crippen LogP contribution in [0.5, 0.6) is 0 Å². The van der Waals surface area contributed by atoms with Gasteiger partial charge in [0.1, 0.15) is 6.04 Å². The van der Waals surface area contributed by atoms with Crippen LogP contribution in [0.3, 0.4) is 0 Å². The number of benzene rings is 1. The SMILES string of the molecule is CCN1C(=O)N[C@@H](c2cccc([N+](=O)[O-])c2)C2=C1CN([C@@H](C)C(=O)N1CCCC1)C2=O. The fourth-order valence-electron chi connectivity index (χ4n) is 4.56. The molecule has 0 aliphatic carbocycles.